The molecule has 2 aromatic rings. The summed E-state index contributed by atoms with van der Waals surface area (Å²) in [5.41, 5.74) is 3.38. The topological polar surface area (TPSA) is 87.5 Å². The number of halogens is 1. The van der Waals surface area contributed by atoms with Crippen LogP contribution in [0.4, 0.5) is 5.13 Å². The van der Waals surface area contributed by atoms with Gasteiger partial charge in [-0.3, -0.25) is 5.43 Å². The molecule has 0 aliphatic rings. The number of aliphatic carboxylic acids is 1. The van der Waals surface area contributed by atoms with E-state index in [1.165, 1.54) is 18.3 Å². The Hall–Kier alpha value is -1.99. The summed E-state index contributed by atoms with van der Waals surface area (Å²) in [6, 6.07) is 7.19. The van der Waals surface area contributed by atoms with E-state index in [4.69, 9.17) is 16.7 Å². The number of carboxylic acid groups (broad SMARTS) is 1. The van der Waals surface area contributed by atoms with E-state index in [-0.39, 0.29) is 5.71 Å². The summed E-state index contributed by atoms with van der Waals surface area (Å²) in [5, 5.41) is 21.9. The molecule has 1 heterocycles. The Balaban J connectivity index is 2.13. The summed E-state index contributed by atoms with van der Waals surface area (Å²) in [6.45, 7) is 1.39. The second-order valence-electron chi connectivity index (χ2n) is 3.53. The fraction of sp³-hybridized carbons (Fsp3) is 0.0909. The first kappa shape index (κ1) is 13.4. The molecule has 98 valence electrons. The Morgan fingerprint density at radius 2 is 2.05 bits per heavy atom. The van der Waals surface area contributed by atoms with Gasteiger partial charge in [0.2, 0.25) is 5.13 Å². The van der Waals surface area contributed by atoms with Crippen LogP contribution in [0.5, 0.6) is 0 Å². The monoisotopic (exact) mass is 296 g/mol. The highest BCUT2D eigenvalue weighted by atomic mass is 35.5. The van der Waals surface area contributed by atoms with Gasteiger partial charge in [-0.25, -0.2) is 4.79 Å². The maximum atomic E-state index is 10.6. The Morgan fingerprint density at radius 1 is 1.37 bits per heavy atom. The Bertz CT molecular complexity index is 624. The van der Waals surface area contributed by atoms with Crippen LogP contribution in [0.25, 0.3) is 10.6 Å². The van der Waals surface area contributed by atoms with Crippen molar-refractivity contribution in [2.45, 2.75) is 6.92 Å². The molecule has 0 saturated heterocycles. The van der Waals surface area contributed by atoms with E-state index >= 15 is 0 Å². The lowest BCUT2D eigenvalue weighted by atomic mass is 10.2. The number of nitrogens with zero attached hydrogens (tertiary/aromatic N) is 3. The molecule has 0 fully saturated rings. The van der Waals surface area contributed by atoms with Crippen LogP contribution in [0.3, 0.4) is 0 Å². The molecule has 1 aromatic heterocycles. The van der Waals surface area contributed by atoms with Crippen molar-refractivity contribution in [2.24, 2.45) is 5.10 Å². The van der Waals surface area contributed by atoms with Crippen LogP contribution < -0.4 is 5.43 Å². The van der Waals surface area contributed by atoms with Gasteiger partial charge in [0, 0.05) is 10.6 Å². The lowest BCUT2D eigenvalue weighted by molar-refractivity contribution is -0.129. The zero-order chi connectivity index (χ0) is 13.8. The van der Waals surface area contributed by atoms with Gasteiger partial charge in [-0.05, 0) is 19.1 Å². The van der Waals surface area contributed by atoms with Crippen molar-refractivity contribution in [3.8, 4) is 10.6 Å². The summed E-state index contributed by atoms with van der Waals surface area (Å²) in [4.78, 5) is 10.6. The molecule has 1 aromatic carbocycles. The molecule has 6 nitrogen and oxygen atoms in total. The molecule has 0 amide bonds. The smallest absolute Gasteiger partial charge is 0.351 e. The van der Waals surface area contributed by atoms with Crippen LogP contribution in [0.1, 0.15) is 6.92 Å². The quantitative estimate of drug-likeness (QED) is 0.669. The summed E-state index contributed by atoms with van der Waals surface area (Å²) >= 11 is 7.07. The second-order valence-corrected chi connectivity index (χ2v) is 4.95. The minimum Gasteiger partial charge on any atom is -0.477 e. The molecule has 0 aliphatic carbocycles. The van der Waals surface area contributed by atoms with Gasteiger partial charge in [0.05, 0.1) is 0 Å². The Labute approximate surface area is 117 Å². The molecule has 0 bridgehead atoms. The van der Waals surface area contributed by atoms with E-state index in [1.54, 1.807) is 12.1 Å². The van der Waals surface area contributed by atoms with Gasteiger partial charge in [-0.1, -0.05) is 35.1 Å². The van der Waals surface area contributed by atoms with Crippen LogP contribution in [-0.2, 0) is 4.79 Å². The third kappa shape index (κ3) is 3.49. The third-order valence-electron chi connectivity index (χ3n) is 2.14. The predicted molar refractivity (Wildman–Crippen MR) is 74.7 cm³/mol. The summed E-state index contributed by atoms with van der Waals surface area (Å²) in [6.07, 6.45) is 0. The average molecular weight is 297 g/mol. The van der Waals surface area contributed by atoms with E-state index in [2.05, 4.69) is 20.7 Å². The van der Waals surface area contributed by atoms with Gasteiger partial charge in [0.15, 0.2) is 0 Å². The first-order chi connectivity index (χ1) is 9.06. The number of carboxylic acids is 1. The van der Waals surface area contributed by atoms with Gasteiger partial charge in [0.25, 0.3) is 0 Å². The maximum absolute atomic E-state index is 10.6. The zero-order valence-electron chi connectivity index (χ0n) is 9.79. The van der Waals surface area contributed by atoms with Crippen molar-refractivity contribution in [1.82, 2.24) is 10.2 Å². The zero-order valence-corrected chi connectivity index (χ0v) is 11.4. The molecule has 19 heavy (non-hydrogen) atoms. The van der Waals surface area contributed by atoms with Crippen molar-refractivity contribution < 1.29 is 9.90 Å². The van der Waals surface area contributed by atoms with Gasteiger partial charge in [-0.2, -0.15) is 5.10 Å². The number of hydrogen-bond donors (Lipinski definition) is 2. The normalized spacial score (nSPS) is 11.4. The molecule has 0 saturated carbocycles. The molecule has 8 heteroatoms. The van der Waals surface area contributed by atoms with Crippen molar-refractivity contribution in [3.63, 3.8) is 0 Å². The number of anilines is 1. The Kier molecular flexibility index (Phi) is 4.08. The van der Waals surface area contributed by atoms with Gasteiger partial charge in [-0.15, -0.1) is 10.2 Å². The molecule has 2 N–H and O–H groups in total. The summed E-state index contributed by atoms with van der Waals surface area (Å²) in [5.74, 6) is -1.09. The van der Waals surface area contributed by atoms with E-state index in [1.807, 2.05) is 12.1 Å². The van der Waals surface area contributed by atoms with Crippen molar-refractivity contribution in [2.75, 3.05) is 5.43 Å². The van der Waals surface area contributed by atoms with E-state index < -0.39 is 5.97 Å². The summed E-state index contributed by atoms with van der Waals surface area (Å²) < 4.78 is 0. The highest BCUT2D eigenvalue weighted by Crippen LogP contribution is 2.27. The molecular weight excluding hydrogens is 288 g/mol. The number of nitrogens with one attached hydrogen (secondary N) is 1. The highest BCUT2D eigenvalue weighted by molar-refractivity contribution is 7.18. The first-order valence-corrected chi connectivity index (χ1v) is 6.39. The Morgan fingerprint density at radius 3 is 2.68 bits per heavy atom. The van der Waals surface area contributed by atoms with E-state index in [0.717, 1.165) is 5.56 Å². The number of hydrogen-bond acceptors (Lipinski definition) is 6. The lowest BCUT2D eigenvalue weighted by Crippen LogP contribution is -2.10. The van der Waals surface area contributed by atoms with Gasteiger partial charge >= 0.3 is 5.97 Å². The number of aromatic nitrogens is 2. The standard InChI is InChI=1S/C11H9ClN4O2S/c1-6(10(17)18)13-15-11-16-14-9(19-11)7-2-4-8(12)5-3-7/h2-5H,1H3,(H,15,16)(H,17,18)/b13-6+. The second kappa shape index (κ2) is 5.77. The number of carbonyl (C=O) groups is 1. The van der Waals surface area contributed by atoms with Crippen molar-refractivity contribution >= 4 is 39.8 Å². The molecule has 0 spiro atoms. The number of benzene rings is 1. The molecule has 0 radical (unpaired) electrons. The SMILES string of the molecule is C/C(=N\Nc1nnc(-c2ccc(Cl)cc2)s1)C(=O)O. The van der Waals surface area contributed by atoms with E-state index in [9.17, 15) is 4.79 Å². The fourth-order valence-corrected chi connectivity index (χ4v) is 1.97. The molecular formula is C11H9ClN4O2S. The highest BCUT2D eigenvalue weighted by Gasteiger charge is 2.07. The molecule has 0 aliphatic heterocycles. The van der Waals surface area contributed by atoms with Crippen LogP contribution in [0.15, 0.2) is 29.4 Å². The minimum absolute atomic E-state index is 0.0526. The van der Waals surface area contributed by atoms with Crippen molar-refractivity contribution in [3.05, 3.63) is 29.3 Å². The minimum atomic E-state index is -1.09. The number of rotatable bonds is 4. The van der Waals surface area contributed by atoms with Gasteiger partial charge < -0.3 is 5.11 Å². The fourth-order valence-electron chi connectivity index (χ4n) is 1.16. The molecule has 0 unspecified atom stereocenters. The average Bonchev–Trinajstić information content (AvgIpc) is 2.85. The first-order valence-electron chi connectivity index (χ1n) is 5.19. The lowest BCUT2D eigenvalue weighted by Gasteiger charge is -1.95. The summed E-state index contributed by atoms with van der Waals surface area (Å²) in [7, 11) is 0. The maximum Gasteiger partial charge on any atom is 0.351 e. The predicted octanol–water partition coefficient (Wildman–Crippen LogP) is 2.73. The molecule has 0 atom stereocenters. The largest absolute Gasteiger partial charge is 0.477 e. The molecule has 2 rings (SSSR count). The van der Waals surface area contributed by atoms with Crippen LogP contribution in [-0.4, -0.2) is 27.0 Å². The van der Waals surface area contributed by atoms with Crippen LogP contribution in [0.2, 0.25) is 5.02 Å². The van der Waals surface area contributed by atoms with Crippen LogP contribution in [0, 0.1) is 0 Å². The van der Waals surface area contributed by atoms with Crippen LogP contribution >= 0.6 is 22.9 Å². The third-order valence-corrected chi connectivity index (χ3v) is 3.27. The number of hydrazone groups is 1. The van der Waals surface area contributed by atoms with E-state index in [0.29, 0.717) is 15.2 Å². The van der Waals surface area contributed by atoms with Gasteiger partial charge in [0.1, 0.15) is 10.7 Å². The van der Waals surface area contributed by atoms with Crippen molar-refractivity contribution in [1.29, 1.82) is 0 Å².